The maximum absolute atomic E-state index is 5.27. The van der Waals surface area contributed by atoms with Gasteiger partial charge in [-0.2, -0.15) is 0 Å². The Morgan fingerprint density at radius 1 is 1.11 bits per heavy atom. The fourth-order valence-corrected chi connectivity index (χ4v) is 1.92. The summed E-state index contributed by atoms with van der Waals surface area (Å²) >= 11 is 5.27. The van der Waals surface area contributed by atoms with Gasteiger partial charge in [-0.3, -0.25) is 0 Å². The molecule has 0 aromatic carbocycles. The number of anilines is 1. The molecule has 1 rings (SSSR count). The third kappa shape index (κ3) is 3.67. The van der Waals surface area contributed by atoms with Crippen LogP contribution in [-0.4, -0.2) is 16.6 Å². The van der Waals surface area contributed by atoms with Gasteiger partial charge in [0.2, 0.25) is 0 Å². The normalized spacial score (nSPS) is 10.3. The average molecular weight is 265 g/mol. The van der Waals surface area contributed by atoms with Crippen LogP contribution in [0.25, 0.3) is 0 Å². The highest BCUT2D eigenvalue weighted by Gasteiger charge is 2.09. The van der Waals surface area contributed by atoms with E-state index in [0.29, 0.717) is 5.11 Å². The summed E-state index contributed by atoms with van der Waals surface area (Å²) in [5.74, 6) is 0.865. The molecule has 0 aliphatic heterocycles. The lowest BCUT2D eigenvalue weighted by Crippen LogP contribution is -2.30. The van der Waals surface area contributed by atoms with Gasteiger partial charge >= 0.3 is 0 Å². The maximum atomic E-state index is 5.27. The zero-order chi connectivity index (χ0) is 13.7. The topological polar surface area (TPSA) is 37.0 Å². The van der Waals surface area contributed by atoms with Gasteiger partial charge in [0, 0.05) is 12.2 Å². The lowest BCUT2D eigenvalue weighted by atomic mass is 10.0. The fourth-order valence-electron chi connectivity index (χ4n) is 1.72. The molecule has 1 aromatic rings. The Morgan fingerprint density at radius 2 is 1.78 bits per heavy atom. The number of hydrogen-bond acceptors (Lipinski definition) is 2. The quantitative estimate of drug-likeness (QED) is 0.646. The molecular formula is C14H23N3S. The summed E-state index contributed by atoms with van der Waals surface area (Å²) in [5.41, 5.74) is 4.75. The van der Waals surface area contributed by atoms with E-state index in [2.05, 4.69) is 43.3 Å². The Hall–Kier alpha value is -1.16. The summed E-state index contributed by atoms with van der Waals surface area (Å²) in [6.07, 6.45) is 2.29. The minimum Gasteiger partial charge on any atom is -0.362 e. The van der Waals surface area contributed by atoms with Crippen molar-refractivity contribution in [2.75, 3.05) is 11.9 Å². The number of aryl methyl sites for hydroxylation is 1. The molecule has 0 amide bonds. The van der Waals surface area contributed by atoms with Gasteiger partial charge < -0.3 is 10.6 Å². The van der Waals surface area contributed by atoms with Crippen LogP contribution in [0.2, 0.25) is 0 Å². The monoisotopic (exact) mass is 265 g/mol. The van der Waals surface area contributed by atoms with Gasteiger partial charge in [0.25, 0.3) is 0 Å². The lowest BCUT2D eigenvalue weighted by molar-refractivity contribution is 0.758. The number of pyridine rings is 1. The Balaban J connectivity index is 2.76. The van der Waals surface area contributed by atoms with E-state index < -0.39 is 0 Å². The van der Waals surface area contributed by atoms with Crippen molar-refractivity contribution in [2.24, 2.45) is 0 Å². The predicted octanol–water partition coefficient (Wildman–Crippen LogP) is 3.40. The molecule has 0 bridgehead atoms. The Kier molecular flexibility index (Phi) is 5.54. The number of nitrogens with zero attached hydrogens (tertiary/aromatic N) is 1. The van der Waals surface area contributed by atoms with Crippen molar-refractivity contribution < 1.29 is 0 Å². The SMILES string of the molecule is CCCCNC(=S)Nc1nc(C)c(C)c(C)c1C. The summed E-state index contributed by atoms with van der Waals surface area (Å²) in [5, 5.41) is 7.03. The van der Waals surface area contributed by atoms with Crippen molar-refractivity contribution in [1.29, 1.82) is 0 Å². The molecule has 3 nitrogen and oxygen atoms in total. The lowest BCUT2D eigenvalue weighted by Gasteiger charge is -2.15. The summed E-state index contributed by atoms with van der Waals surface area (Å²) in [6, 6.07) is 0. The minimum absolute atomic E-state index is 0.654. The molecule has 2 N–H and O–H groups in total. The van der Waals surface area contributed by atoms with Gasteiger partial charge in [-0.1, -0.05) is 13.3 Å². The molecule has 0 fully saturated rings. The first kappa shape index (κ1) is 14.9. The van der Waals surface area contributed by atoms with Gasteiger partial charge in [0.1, 0.15) is 5.82 Å². The van der Waals surface area contributed by atoms with Gasteiger partial charge in [0.15, 0.2) is 5.11 Å². The van der Waals surface area contributed by atoms with E-state index in [1.54, 1.807) is 0 Å². The molecule has 0 spiro atoms. The van der Waals surface area contributed by atoms with Crippen molar-refractivity contribution in [1.82, 2.24) is 10.3 Å². The second kappa shape index (κ2) is 6.69. The van der Waals surface area contributed by atoms with E-state index in [-0.39, 0.29) is 0 Å². The van der Waals surface area contributed by atoms with Crippen LogP contribution in [0.3, 0.4) is 0 Å². The van der Waals surface area contributed by atoms with E-state index in [4.69, 9.17) is 12.2 Å². The Labute approximate surface area is 115 Å². The molecule has 1 aromatic heterocycles. The number of aromatic nitrogens is 1. The zero-order valence-corrected chi connectivity index (χ0v) is 12.8. The Morgan fingerprint density at radius 3 is 2.39 bits per heavy atom. The standard InChI is InChI=1S/C14H23N3S/c1-6-7-8-15-14(18)17-13-11(4)9(2)10(3)12(5)16-13/h6-8H2,1-5H3,(H2,15,16,17,18). The van der Waals surface area contributed by atoms with Crippen molar-refractivity contribution in [3.05, 3.63) is 22.4 Å². The van der Waals surface area contributed by atoms with E-state index in [1.165, 1.54) is 11.1 Å². The number of unbranched alkanes of at least 4 members (excludes halogenated alkanes) is 1. The molecule has 0 atom stereocenters. The number of nitrogens with one attached hydrogen (secondary N) is 2. The summed E-state index contributed by atoms with van der Waals surface area (Å²) in [7, 11) is 0. The third-order valence-electron chi connectivity index (χ3n) is 3.35. The molecule has 0 unspecified atom stereocenters. The van der Waals surface area contributed by atoms with Crippen molar-refractivity contribution in [3.8, 4) is 0 Å². The molecular weight excluding hydrogens is 242 g/mol. The van der Waals surface area contributed by atoms with Crippen LogP contribution in [0.4, 0.5) is 5.82 Å². The number of hydrogen-bond donors (Lipinski definition) is 2. The summed E-state index contributed by atoms with van der Waals surface area (Å²) in [6.45, 7) is 11.4. The smallest absolute Gasteiger partial charge is 0.171 e. The second-order valence-electron chi connectivity index (χ2n) is 4.66. The first-order chi connectivity index (χ1) is 8.47. The summed E-state index contributed by atoms with van der Waals surface area (Å²) < 4.78 is 0. The molecule has 18 heavy (non-hydrogen) atoms. The largest absolute Gasteiger partial charge is 0.362 e. The van der Waals surface area contributed by atoms with Crippen molar-refractivity contribution in [3.63, 3.8) is 0 Å². The third-order valence-corrected chi connectivity index (χ3v) is 3.60. The summed E-state index contributed by atoms with van der Waals surface area (Å²) in [4.78, 5) is 4.56. The van der Waals surface area contributed by atoms with Crippen molar-refractivity contribution in [2.45, 2.75) is 47.5 Å². The van der Waals surface area contributed by atoms with Crippen LogP contribution in [0.15, 0.2) is 0 Å². The van der Waals surface area contributed by atoms with E-state index >= 15 is 0 Å². The van der Waals surface area contributed by atoms with Crippen LogP contribution >= 0.6 is 12.2 Å². The zero-order valence-electron chi connectivity index (χ0n) is 12.0. The number of thiocarbonyl (C=S) groups is 1. The molecule has 0 aliphatic carbocycles. The van der Waals surface area contributed by atoms with Gasteiger partial charge in [-0.05, 0) is 63.0 Å². The molecule has 0 radical (unpaired) electrons. The van der Waals surface area contributed by atoms with Crippen LogP contribution in [0.1, 0.15) is 42.1 Å². The van der Waals surface area contributed by atoms with Crippen LogP contribution in [0.5, 0.6) is 0 Å². The highest BCUT2D eigenvalue weighted by molar-refractivity contribution is 7.80. The number of rotatable bonds is 4. The van der Waals surface area contributed by atoms with Gasteiger partial charge in [-0.25, -0.2) is 4.98 Å². The first-order valence-electron chi connectivity index (χ1n) is 6.46. The van der Waals surface area contributed by atoms with E-state index in [0.717, 1.165) is 36.5 Å². The predicted molar refractivity (Wildman–Crippen MR) is 82.3 cm³/mol. The molecule has 0 saturated carbocycles. The molecule has 1 heterocycles. The highest BCUT2D eigenvalue weighted by atomic mass is 32.1. The van der Waals surface area contributed by atoms with Crippen LogP contribution in [0, 0.1) is 27.7 Å². The molecule has 0 saturated heterocycles. The Bertz CT molecular complexity index is 441. The van der Waals surface area contributed by atoms with E-state index in [1.807, 2.05) is 6.92 Å². The fraction of sp³-hybridized carbons (Fsp3) is 0.571. The molecule has 4 heteroatoms. The minimum atomic E-state index is 0.654. The highest BCUT2D eigenvalue weighted by Crippen LogP contribution is 2.21. The average Bonchev–Trinajstić information content (AvgIpc) is 2.33. The van der Waals surface area contributed by atoms with Gasteiger partial charge in [0.05, 0.1) is 0 Å². The van der Waals surface area contributed by atoms with Gasteiger partial charge in [-0.15, -0.1) is 0 Å². The van der Waals surface area contributed by atoms with Crippen LogP contribution in [-0.2, 0) is 0 Å². The molecule has 100 valence electrons. The maximum Gasteiger partial charge on any atom is 0.171 e. The van der Waals surface area contributed by atoms with E-state index in [9.17, 15) is 0 Å². The molecule has 0 aliphatic rings. The van der Waals surface area contributed by atoms with Crippen molar-refractivity contribution >= 4 is 23.1 Å². The second-order valence-corrected chi connectivity index (χ2v) is 5.06. The first-order valence-corrected chi connectivity index (χ1v) is 6.87. The van der Waals surface area contributed by atoms with Crippen LogP contribution < -0.4 is 10.6 Å².